The Balaban J connectivity index is 1.58. The molecule has 0 amide bonds. The van der Waals surface area contributed by atoms with Crippen molar-refractivity contribution in [2.45, 2.75) is 42.7 Å². The largest absolute Gasteiger partial charge is 0.507 e. The van der Waals surface area contributed by atoms with Gasteiger partial charge in [0.25, 0.3) is 5.79 Å². The number of benzene rings is 2. The number of aliphatic hydroxyl groups excluding tert-OH is 1. The minimum atomic E-state index is -1.35. The molecule has 2 aromatic carbocycles. The molecule has 7 rings (SSSR count). The van der Waals surface area contributed by atoms with Gasteiger partial charge in [-0.05, 0) is 30.2 Å². The number of fused-ring (bicyclic) bond motifs is 1. The van der Waals surface area contributed by atoms with E-state index < -0.39 is 29.9 Å². The molecule has 2 aromatic rings. The summed E-state index contributed by atoms with van der Waals surface area (Å²) in [5.41, 5.74) is 1.93. The van der Waals surface area contributed by atoms with E-state index in [4.69, 9.17) is 18.9 Å². The quantitative estimate of drug-likeness (QED) is 0.688. The van der Waals surface area contributed by atoms with E-state index >= 15 is 0 Å². The summed E-state index contributed by atoms with van der Waals surface area (Å²) in [7, 11) is 0. The minimum Gasteiger partial charge on any atom is -0.507 e. The van der Waals surface area contributed by atoms with E-state index in [1.807, 2.05) is 12.1 Å². The Kier molecular flexibility index (Phi) is 2.20. The smallest absolute Gasteiger partial charge is 0.274 e. The summed E-state index contributed by atoms with van der Waals surface area (Å²) in [4.78, 5) is 12.7. The van der Waals surface area contributed by atoms with E-state index in [0.29, 0.717) is 35.5 Å². The summed E-state index contributed by atoms with van der Waals surface area (Å²) in [6.07, 6.45) is -1.01. The second-order valence-electron chi connectivity index (χ2n) is 7.68. The van der Waals surface area contributed by atoms with Crippen LogP contribution in [-0.2, 0) is 21.0 Å². The molecule has 2 spiro atoms. The number of epoxide rings is 1. The number of aliphatic hydroxyl groups is 1. The summed E-state index contributed by atoms with van der Waals surface area (Å²) in [6, 6.07) is 8.55. The molecular weight excluding hydrogens is 352 g/mol. The lowest BCUT2D eigenvalue weighted by Gasteiger charge is -2.54. The first kappa shape index (κ1) is 14.4. The number of ketones is 1. The molecule has 5 aliphatic rings. The normalized spacial score (nSPS) is 38.7. The third-order valence-corrected chi connectivity index (χ3v) is 6.26. The van der Waals surface area contributed by atoms with Gasteiger partial charge in [0.15, 0.2) is 18.0 Å². The van der Waals surface area contributed by atoms with Crippen LogP contribution in [0.2, 0.25) is 0 Å². The van der Waals surface area contributed by atoms with Gasteiger partial charge in [-0.2, -0.15) is 0 Å². The molecule has 0 saturated carbocycles. The van der Waals surface area contributed by atoms with Crippen molar-refractivity contribution in [2.75, 3.05) is 0 Å². The highest BCUT2D eigenvalue weighted by atomic mass is 16.8. The fourth-order valence-electron chi connectivity index (χ4n) is 5.11. The number of hydrogen-bond acceptors (Lipinski definition) is 7. The SMILES string of the molecule is O=C1c2c(O)ccc3c2C2(Oc4cccc5c4C(CCC5O)(O3)O2)C2OC12. The van der Waals surface area contributed by atoms with Gasteiger partial charge in [-0.15, -0.1) is 0 Å². The fourth-order valence-corrected chi connectivity index (χ4v) is 5.11. The van der Waals surface area contributed by atoms with Gasteiger partial charge in [-0.1, -0.05) is 12.1 Å². The first-order valence-electron chi connectivity index (χ1n) is 9.00. The highest BCUT2D eigenvalue weighted by Gasteiger charge is 2.74. The zero-order valence-corrected chi connectivity index (χ0v) is 14.0. The Morgan fingerprint density at radius 2 is 1.93 bits per heavy atom. The van der Waals surface area contributed by atoms with Crippen molar-refractivity contribution < 1.29 is 34.0 Å². The predicted molar refractivity (Wildman–Crippen MR) is 87.4 cm³/mol. The first-order chi connectivity index (χ1) is 13.0. The lowest BCUT2D eigenvalue weighted by Crippen LogP contribution is -2.61. The molecule has 7 heteroatoms. The summed E-state index contributed by atoms with van der Waals surface area (Å²) < 4.78 is 24.8. The second kappa shape index (κ2) is 4.11. The summed E-state index contributed by atoms with van der Waals surface area (Å²) in [6.45, 7) is 0. The van der Waals surface area contributed by atoms with Crippen LogP contribution < -0.4 is 9.47 Å². The molecule has 136 valence electrons. The Morgan fingerprint density at radius 3 is 2.81 bits per heavy atom. The number of rotatable bonds is 0. The maximum atomic E-state index is 12.7. The minimum absolute atomic E-state index is 0.136. The number of ether oxygens (including phenoxy) is 4. The van der Waals surface area contributed by atoms with Crippen molar-refractivity contribution in [2.24, 2.45) is 0 Å². The maximum absolute atomic E-state index is 12.7. The van der Waals surface area contributed by atoms with Gasteiger partial charge in [-0.25, -0.2) is 0 Å². The fraction of sp³-hybridized carbons (Fsp3) is 0.350. The second-order valence-corrected chi connectivity index (χ2v) is 7.68. The van der Waals surface area contributed by atoms with Crippen LogP contribution in [0.25, 0.3) is 0 Å². The van der Waals surface area contributed by atoms with Crippen LogP contribution in [0, 0.1) is 0 Å². The molecule has 2 N–H and O–H groups in total. The number of carbonyl (C=O) groups excluding carboxylic acids is 1. The highest BCUT2D eigenvalue weighted by molar-refractivity contribution is 6.07. The maximum Gasteiger partial charge on any atom is 0.274 e. The van der Waals surface area contributed by atoms with E-state index in [0.717, 1.165) is 5.56 Å². The third-order valence-electron chi connectivity index (χ3n) is 6.26. The number of carbonyl (C=O) groups is 1. The molecule has 0 radical (unpaired) electrons. The molecule has 2 aliphatic carbocycles. The van der Waals surface area contributed by atoms with Gasteiger partial charge >= 0.3 is 0 Å². The molecule has 3 aliphatic heterocycles. The number of hydrogen-bond donors (Lipinski definition) is 2. The average Bonchev–Trinajstić information content (AvgIpc) is 3.46. The number of phenolic OH excluding ortho intramolecular Hbond substituents is 1. The monoisotopic (exact) mass is 366 g/mol. The molecule has 0 aromatic heterocycles. The van der Waals surface area contributed by atoms with Crippen LogP contribution in [0.3, 0.4) is 0 Å². The van der Waals surface area contributed by atoms with Crippen LogP contribution >= 0.6 is 0 Å². The standard InChI is InChI=1S/C20H14O7/c21-9-6-7-19-14-8(9)2-1-3-11(14)26-20(27-19)15-12(25-19)5-4-10(22)13(15)16(23)17-18(20)24-17/h1-5,9,17-18,21-22H,6-7H2. The van der Waals surface area contributed by atoms with Crippen molar-refractivity contribution in [1.29, 1.82) is 0 Å². The molecule has 1 fully saturated rings. The van der Waals surface area contributed by atoms with Gasteiger partial charge in [0, 0.05) is 6.42 Å². The molecule has 2 bridgehead atoms. The summed E-state index contributed by atoms with van der Waals surface area (Å²) in [5.74, 6) is -1.92. The number of Topliss-reactive ketones (excluding diaryl/α,β-unsaturated/α-hetero) is 1. The van der Waals surface area contributed by atoms with Crippen LogP contribution in [0.15, 0.2) is 30.3 Å². The van der Waals surface area contributed by atoms with Crippen molar-refractivity contribution in [3.63, 3.8) is 0 Å². The topological polar surface area (TPSA) is 97.8 Å². The third kappa shape index (κ3) is 1.43. The molecule has 1 saturated heterocycles. The van der Waals surface area contributed by atoms with Crippen molar-refractivity contribution in [3.05, 3.63) is 52.6 Å². The van der Waals surface area contributed by atoms with Crippen molar-refractivity contribution >= 4 is 5.78 Å². The van der Waals surface area contributed by atoms with Crippen LogP contribution in [-0.4, -0.2) is 28.2 Å². The molecular formula is C20H14O7. The van der Waals surface area contributed by atoms with Crippen LogP contribution in [0.5, 0.6) is 17.2 Å². The Hall–Kier alpha value is -2.61. The van der Waals surface area contributed by atoms with E-state index in [1.165, 1.54) is 6.07 Å². The summed E-state index contributed by atoms with van der Waals surface area (Å²) >= 11 is 0. The van der Waals surface area contributed by atoms with E-state index in [-0.39, 0.29) is 17.1 Å². The first-order valence-corrected chi connectivity index (χ1v) is 9.00. The van der Waals surface area contributed by atoms with E-state index in [1.54, 1.807) is 12.1 Å². The molecule has 5 unspecified atom stereocenters. The van der Waals surface area contributed by atoms with Gasteiger partial charge in [-0.3, -0.25) is 9.53 Å². The highest BCUT2D eigenvalue weighted by Crippen LogP contribution is 2.65. The van der Waals surface area contributed by atoms with Gasteiger partial charge < -0.3 is 24.4 Å². The van der Waals surface area contributed by atoms with E-state index in [9.17, 15) is 15.0 Å². The lowest BCUT2D eigenvalue weighted by molar-refractivity contribution is -0.370. The van der Waals surface area contributed by atoms with Crippen molar-refractivity contribution in [1.82, 2.24) is 0 Å². The Bertz CT molecular complexity index is 1080. The Labute approximate surface area is 153 Å². The van der Waals surface area contributed by atoms with Crippen molar-refractivity contribution in [3.8, 4) is 17.2 Å². The number of phenols is 1. The van der Waals surface area contributed by atoms with Gasteiger partial charge in [0.1, 0.15) is 17.2 Å². The number of aromatic hydroxyl groups is 1. The molecule has 27 heavy (non-hydrogen) atoms. The zero-order valence-electron chi connectivity index (χ0n) is 14.0. The molecule has 7 nitrogen and oxygen atoms in total. The van der Waals surface area contributed by atoms with Crippen LogP contribution in [0.1, 0.15) is 46.0 Å². The summed E-state index contributed by atoms with van der Waals surface area (Å²) in [5, 5.41) is 20.8. The average molecular weight is 366 g/mol. The Morgan fingerprint density at radius 1 is 1.07 bits per heavy atom. The van der Waals surface area contributed by atoms with Gasteiger partial charge in [0.2, 0.25) is 5.79 Å². The molecule has 5 atom stereocenters. The predicted octanol–water partition coefficient (Wildman–Crippen LogP) is 1.99. The lowest BCUT2D eigenvalue weighted by atomic mass is 9.78. The van der Waals surface area contributed by atoms with Crippen LogP contribution in [0.4, 0.5) is 0 Å². The van der Waals surface area contributed by atoms with E-state index in [2.05, 4.69) is 0 Å². The molecule has 3 heterocycles. The van der Waals surface area contributed by atoms with Gasteiger partial charge in [0.05, 0.1) is 22.8 Å². The zero-order chi connectivity index (χ0) is 18.1.